The molecule has 0 aromatic heterocycles. The summed E-state index contributed by atoms with van der Waals surface area (Å²) in [5.74, 6) is -0.106. The van der Waals surface area contributed by atoms with Gasteiger partial charge in [0.25, 0.3) is 5.91 Å². The van der Waals surface area contributed by atoms with E-state index in [1.165, 1.54) is 6.42 Å². The zero-order valence-corrected chi connectivity index (χ0v) is 16.7. The van der Waals surface area contributed by atoms with Gasteiger partial charge in [0.2, 0.25) is 5.91 Å². The third-order valence-electron chi connectivity index (χ3n) is 4.79. The van der Waals surface area contributed by atoms with Crippen LogP contribution in [-0.4, -0.2) is 45.2 Å². The molecule has 2 amide bonds. The number of carbonyl (C=O) groups is 2. The molecule has 1 aromatic rings. The van der Waals surface area contributed by atoms with Gasteiger partial charge in [-0.25, -0.2) is 0 Å². The fourth-order valence-corrected chi connectivity index (χ4v) is 3.28. The molecule has 1 aliphatic heterocycles. The average Bonchev–Trinajstić information content (AvgIpc) is 2.70. The molecule has 2 rings (SSSR count). The van der Waals surface area contributed by atoms with Crippen LogP contribution in [0, 0.1) is 0 Å². The summed E-state index contributed by atoms with van der Waals surface area (Å²) in [6.45, 7) is 5.18. The van der Waals surface area contributed by atoms with E-state index in [1.54, 1.807) is 13.2 Å². The van der Waals surface area contributed by atoms with Gasteiger partial charge in [-0.05, 0) is 50.3 Å². The smallest absolute Gasteiger partial charge is 0.253 e. The van der Waals surface area contributed by atoms with Gasteiger partial charge in [0, 0.05) is 51.1 Å². The van der Waals surface area contributed by atoms with E-state index in [2.05, 4.69) is 22.5 Å². The predicted octanol–water partition coefficient (Wildman–Crippen LogP) is 3.57. The highest BCUT2D eigenvalue weighted by Gasteiger charge is 2.19. The first-order valence-electron chi connectivity index (χ1n) is 10.1. The Hall–Kier alpha value is -2.08. The molecule has 0 atom stereocenters. The molecule has 150 valence electrons. The van der Waals surface area contributed by atoms with E-state index < -0.39 is 0 Å². The molecule has 0 unspecified atom stereocenters. The Balaban J connectivity index is 2.14. The first kappa shape index (κ1) is 21.2. The lowest BCUT2D eigenvalue weighted by Gasteiger charge is -2.30. The summed E-state index contributed by atoms with van der Waals surface area (Å²) >= 11 is 0. The number of ether oxygens (including phenoxy) is 1. The third kappa shape index (κ3) is 6.86. The lowest BCUT2D eigenvalue weighted by atomic mass is 10.1. The van der Waals surface area contributed by atoms with E-state index in [1.807, 2.05) is 12.1 Å². The molecule has 0 bridgehead atoms. The predicted molar refractivity (Wildman–Crippen MR) is 109 cm³/mol. The first-order chi connectivity index (χ1) is 13.2. The number of anilines is 2. The van der Waals surface area contributed by atoms with Crippen molar-refractivity contribution in [1.82, 2.24) is 5.32 Å². The maximum atomic E-state index is 12.8. The lowest BCUT2D eigenvalue weighted by Crippen LogP contribution is -2.33. The molecule has 0 radical (unpaired) electrons. The monoisotopic (exact) mass is 375 g/mol. The summed E-state index contributed by atoms with van der Waals surface area (Å²) < 4.78 is 5.04. The number of carbonyl (C=O) groups excluding carboxylic acids is 2. The van der Waals surface area contributed by atoms with Crippen molar-refractivity contribution in [3.8, 4) is 0 Å². The van der Waals surface area contributed by atoms with Gasteiger partial charge in [0.15, 0.2) is 0 Å². The number of rotatable bonds is 10. The number of amides is 2. The first-order valence-corrected chi connectivity index (χ1v) is 10.1. The number of piperidine rings is 1. The second-order valence-electron chi connectivity index (χ2n) is 7.03. The SMILES string of the molecule is CCCCC(=O)Nc1ccc(N2CCCCC2)c(C(=O)NCCCOC)c1. The van der Waals surface area contributed by atoms with Crippen molar-refractivity contribution in [2.45, 2.75) is 51.9 Å². The van der Waals surface area contributed by atoms with Crippen molar-refractivity contribution in [2.75, 3.05) is 43.6 Å². The summed E-state index contributed by atoms with van der Waals surface area (Å²) in [5.41, 5.74) is 2.26. The van der Waals surface area contributed by atoms with Crippen molar-refractivity contribution in [3.05, 3.63) is 23.8 Å². The van der Waals surface area contributed by atoms with Gasteiger partial charge in [-0.15, -0.1) is 0 Å². The standard InChI is InChI=1S/C21H33N3O3/c1-3-4-9-20(25)23-17-10-11-19(24-13-6-5-7-14-24)18(16-17)21(26)22-12-8-15-27-2/h10-11,16H,3-9,12-15H2,1-2H3,(H,22,26)(H,23,25). The average molecular weight is 376 g/mol. The van der Waals surface area contributed by atoms with Crippen LogP contribution in [0.4, 0.5) is 11.4 Å². The van der Waals surface area contributed by atoms with Gasteiger partial charge in [-0.1, -0.05) is 13.3 Å². The molecule has 1 saturated heterocycles. The number of nitrogens with zero attached hydrogens (tertiary/aromatic N) is 1. The molecule has 0 saturated carbocycles. The molecule has 2 N–H and O–H groups in total. The Morgan fingerprint density at radius 3 is 2.63 bits per heavy atom. The number of hydrogen-bond acceptors (Lipinski definition) is 4. The molecule has 6 nitrogen and oxygen atoms in total. The molecule has 27 heavy (non-hydrogen) atoms. The third-order valence-corrected chi connectivity index (χ3v) is 4.79. The maximum Gasteiger partial charge on any atom is 0.253 e. The number of unbranched alkanes of at least 4 members (excludes halogenated alkanes) is 1. The molecule has 1 heterocycles. The van der Waals surface area contributed by atoms with Crippen LogP contribution >= 0.6 is 0 Å². The summed E-state index contributed by atoms with van der Waals surface area (Å²) in [6, 6.07) is 5.67. The fourth-order valence-electron chi connectivity index (χ4n) is 3.28. The minimum atomic E-state index is -0.101. The molecular weight excluding hydrogens is 342 g/mol. The van der Waals surface area contributed by atoms with Crippen LogP contribution in [0.3, 0.4) is 0 Å². The molecule has 6 heteroatoms. The van der Waals surface area contributed by atoms with E-state index in [0.717, 1.165) is 50.9 Å². The fraction of sp³-hybridized carbons (Fsp3) is 0.619. The van der Waals surface area contributed by atoms with Crippen molar-refractivity contribution in [2.24, 2.45) is 0 Å². The van der Waals surface area contributed by atoms with Gasteiger partial charge in [0.05, 0.1) is 5.56 Å². The summed E-state index contributed by atoms with van der Waals surface area (Å²) in [4.78, 5) is 27.1. The number of benzene rings is 1. The van der Waals surface area contributed by atoms with Crippen molar-refractivity contribution >= 4 is 23.2 Å². The van der Waals surface area contributed by atoms with Gasteiger partial charge in [0.1, 0.15) is 0 Å². The Bertz CT molecular complexity index is 613. The highest BCUT2D eigenvalue weighted by Crippen LogP contribution is 2.27. The summed E-state index contributed by atoms with van der Waals surface area (Å²) in [6.07, 6.45) is 6.65. The molecule has 1 aromatic carbocycles. The van der Waals surface area contributed by atoms with Crippen molar-refractivity contribution in [1.29, 1.82) is 0 Å². The normalized spacial score (nSPS) is 14.1. The van der Waals surface area contributed by atoms with E-state index in [-0.39, 0.29) is 11.8 Å². The molecular formula is C21H33N3O3. The topological polar surface area (TPSA) is 70.7 Å². The minimum Gasteiger partial charge on any atom is -0.385 e. The zero-order chi connectivity index (χ0) is 19.5. The van der Waals surface area contributed by atoms with Gasteiger partial charge in [-0.2, -0.15) is 0 Å². The van der Waals surface area contributed by atoms with Gasteiger partial charge < -0.3 is 20.3 Å². The second-order valence-corrected chi connectivity index (χ2v) is 7.03. The summed E-state index contributed by atoms with van der Waals surface area (Å²) in [5, 5.41) is 5.89. The Morgan fingerprint density at radius 1 is 1.15 bits per heavy atom. The highest BCUT2D eigenvalue weighted by molar-refractivity contribution is 6.02. The van der Waals surface area contributed by atoms with E-state index >= 15 is 0 Å². The van der Waals surface area contributed by atoms with Crippen LogP contribution < -0.4 is 15.5 Å². The molecule has 1 aliphatic rings. The molecule has 0 spiro atoms. The molecule has 0 aliphatic carbocycles. The van der Waals surface area contributed by atoms with Crippen LogP contribution in [0.2, 0.25) is 0 Å². The van der Waals surface area contributed by atoms with Crippen LogP contribution in [0.5, 0.6) is 0 Å². The van der Waals surface area contributed by atoms with Crippen LogP contribution in [0.15, 0.2) is 18.2 Å². The van der Waals surface area contributed by atoms with Gasteiger partial charge in [-0.3, -0.25) is 9.59 Å². The van der Waals surface area contributed by atoms with Crippen LogP contribution in [-0.2, 0) is 9.53 Å². The number of hydrogen-bond donors (Lipinski definition) is 2. The quantitative estimate of drug-likeness (QED) is 0.613. The Labute approximate surface area is 162 Å². The largest absolute Gasteiger partial charge is 0.385 e. The Kier molecular flexibility index (Phi) is 9.11. The Morgan fingerprint density at radius 2 is 1.93 bits per heavy atom. The van der Waals surface area contributed by atoms with Crippen LogP contribution in [0.1, 0.15) is 62.2 Å². The zero-order valence-electron chi connectivity index (χ0n) is 16.7. The maximum absolute atomic E-state index is 12.8. The van der Waals surface area contributed by atoms with Crippen LogP contribution in [0.25, 0.3) is 0 Å². The minimum absolute atomic E-state index is 0.00553. The van der Waals surface area contributed by atoms with E-state index in [0.29, 0.717) is 30.8 Å². The van der Waals surface area contributed by atoms with Crippen molar-refractivity contribution in [3.63, 3.8) is 0 Å². The molecule has 1 fully saturated rings. The number of nitrogens with one attached hydrogen (secondary N) is 2. The number of methoxy groups -OCH3 is 1. The van der Waals surface area contributed by atoms with Gasteiger partial charge >= 0.3 is 0 Å². The highest BCUT2D eigenvalue weighted by atomic mass is 16.5. The second kappa shape index (κ2) is 11.6. The lowest BCUT2D eigenvalue weighted by molar-refractivity contribution is -0.116. The van der Waals surface area contributed by atoms with E-state index in [4.69, 9.17) is 4.74 Å². The van der Waals surface area contributed by atoms with Crippen molar-refractivity contribution < 1.29 is 14.3 Å². The summed E-state index contributed by atoms with van der Waals surface area (Å²) in [7, 11) is 1.65. The van der Waals surface area contributed by atoms with E-state index in [9.17, 15) is 9.59 Å².